The summed E-state index contributed by atoms with van der Waals surface area (Å²) < 4.78 is 11.3. The van der Waals surface area contributed by atoms with Gasteiger partial charge < -0.3 is 14.4 Å². The number of piperidine rings is 1. The first-order valence-electron chi connectivity index (χ1n) is 10.9. The van der Waals surface area contributed by atoms with Crippen LogP contribution in [0.3, 0.4) is 0 Å². The molecule has 27 heavy (non-hydrogen) atoms. The monoisotopic (exact) mass is 372 g/mol. The molecule has 4 heteroatoms. The fourth-order valence-electron chi connectivity index (χ4n) is 5.77. The smallest absolute Gasteiger partial charge is 0.0594 e. The summed E-state index contributed by atoms with van der Waals surface area (Å²) in [5.41, 5.74) is 1.82. The van der Waals surface area contributed by atoms with Crippen molar-refractivity contribution in [3.8, 4) is 0 Å². The van der Waals surface area contributed by atoms with Crippen molar-refractivity contribution in [3.05, 3.63) is 35.9 Å². The maximum absolute atomic E-state index is 5.77. The Morgan fingerprint density at radius 1 is 1.11 bits per heavy atom. The molecule has 3 atom stereocenters. The number of methoxy groups -OCH3 is 1. The molecule has 0 spiro atoms. The van der Waals surface area contributed by atoms with Gasteiger partial charge >= 0.3 is 0 Å². The topological polar surface area (TPSA) is 24.9 Å². The minimum atomic E-state index is 0.368. The summed E-state index contributed by atoms with van der Waals surface area (Å²) in [6.45, 7) is 8.64. The van der Waals surface area contributed by atoms with Crippen molar-refractivity contribution in [2.24, 2.45) is 11.3 Å². The molecular formula is C23H36N2O2. The lowest BCUT2D eigenvalue weighted by atomic mass is 9.62. The molecular weight excluding hydrogens is 336 g/mol. The van der Waals surface area contributed by atoms with Crippen LogP contribution < -0.4 is 0 Å². The van der Waals surface area contributed by atoms with Crippen LogP contribution >= 0.6 is 0 Å². The van der Waals surface area contributed by atoms with Gasteiger partial charge in [-0.1, -0.05) is 30.3 Å². The number of morpholine rings is 1. The first-order valence-corrected chi connectivity index (χ1v) is 10.9. The minimum absolute atomic E-state index is 0.368. The minimum Gasteiger partial charge on any atom is -0.384 e. The molecule has 0 unspecified atom stereocenters. The highest BCUT2D eigenvalue weighted by molar-refractivity contribution is 5.15. The van der Waals surface area contributed by atoms with E-state index >= 15 is 0 Å². The Morgan fingerprint density at radius 2 is 1.93 bits per heavy atom. The standard InChI is InChI=1S/C23H36N2O2/c1-26-19-23-10-7-22(25-13-15-27-16-14-25)17-21(23)9-12-24(18-23)11-8-20-5-3-2-4-6-20/h2-6,21-22H,7-19H2,1H3/t21-,22-,23+/m1/s1. The van der Waals surface area contributed by atoms with Crippen LogP contribution in [0.15, 0.2) is 30.3 Å². The van der Waals surface area contributed by atoms with E-state index in [-0.39, 0.29) is 0 Å². The van der Waals surface area contributed by atoms with Crippen LogP contribution in [0, 0.1) is 11.3 Å². The molecule has 2 aliphatic heterocycles. The van der Waals surface area contributed by atoms with Gasteiger partial charge in [0.1, 0.15) is 0 Å². The van der Waals surface area contributed by atoms with E-state index in [1.54, 1.807) is 0 Å². The zero-order valence-electron chi connectivity index (χ0n) is 16.9. The molecule has 0 radical (unpaired) electrons. The van der Waals surface area contributed by atoms with Crippen LogP contribution in [0.25, 0.3) is 0 Å². The van der Waals surface area contributed by atoms with Crippen molar-refractivity contribution >= 4 is 0 Å². The average molecular weight is 373 g/mol. The molecule has 2 heterocycles. The van der Waals surface area contributed by atoms with Gasteiger partial charge in [0.05, 0.1) is 19.8 Å². The molecule has 3 aliphatic rings. The van der Waals surface area contributed by atoms with Crippen LogP contribution in [0.5, 0.6) is 0 Å². The summed E-state index contributed by atoms with van der Waals surface area (Å²) in [4.78, 5) is 5.40. The first kappa shape index (κ1) is 19.4. The van der Waals surface area contributed by atoms with E-state index in [2.05, 4.69) is 40.1 Å². The Bertz CT molecular complexity index is 575. The number of fused-ring (bicyclic) bond motifs is 1. The van der Waals surface area contributed by atoms with Gasteiger partial charge in [-0.25, -0.2) is 0 Å². The third-order valence-electron chi connectivity index (χ3n) is 7.28. The Balaban J connectivity index is 1.37. The molecule has 4 nitrogen and oxygen atoms in total. The summed E-state index contributed by atoms with van der Waals surface area (Å²) >= 11 is 0. The second kappa shape index (κ2) is 9.04. The van der Waals surface area contributed by atoms with Crippen LogP contribution in [0.4, 0.5) is 0 Å². The highest BCUT2D eigenvalue weighted by atomic mass is 16.5. The van der Waals surface area contributed by atoms with Gasteiger partial charge in [0.15, 0.2) is 0 Å². The number of likely N-dealkylation sites (tertiary alicyclic amines) is 1. The van der Waals surface area contributed by atoms with Gasteiger partial charge in [0.2, 0.25) is 0 Å². The van der Waals surface area contributed by atoms with Gasteiger partial charge in [0, 0.05) is 44.7 Å². The molecule has 0 aromatic heterocycles. The molecule has 1 saturated carbocycles. The van der Waals surface area contributed by atoms with Crippen molar-refractivity contribution in [1.82, 2.24) is 9.80 Å². The zero-order chi connectivity index (χ0) is 18.5. The molecule has 3 fully saturated rings. The fraction of sp³-hybridized carbons (Fsp3) is 0.739. The normalized spacial score (nSPS) is 32.9. The molecule has 1 aliphatic carbocycles. The third kappa shape index (κ3) is 4.56. The summed E-state index contributed by atoms with van der Waals surface area (Å²) in [5, 5.41) is 0. The molecule has 150 valence electrons. The molecule has 0 amide bonds. The van der Waals surface area contributed by atoms with E-state index < -0.39 is 0 Å². The van der Waals surface area contributed by atoms with Crippen LogP contribution in [-0.2, 0) is 15.9 Å². The van der Waals surface area contributed by atoms with E-state index in [1.807, 2.05) is 7.11 Å². The summed E-state index contributed by atoms with van der Waals surface area (Å²) in [6.07, 6.45) is 6.49. The Hall–Kier alpha value is -0.940. The molecule has 4 rings (SSSR count). The van der Waals surface area contributed by atoms with E-state index in [0.717, 1.165) is 51.3 Å². The second-order valence-electron chi connectivity index (χ2n) is 8.87. The second-order valence-corrected chi connectivity index (χ2v) is 8.87. The number of ether oxygens (including phenoxy) is 2. The van der Waals surface area contributed by atoms with Crippen molar-refractivity contribution in [2.45, 2.75) is 38.1 Å². The van der Waals surface area contributed by atoms with Crippen molar-refractivity contribution < 1.29 is 9.47 Å². The maximum Gasteiger partial charge on any atom is 0.0594 e. The number of rotatable bonds is 6. The zero-order valence-corrected chi connectivity index (χ0v) is 16.9. The van der Waals surface area contributed by atoms with Gasteiger partial charge in [-0.3, -0.25) is 4.90 Å². The fourth-order valence-corrected chi connectivity index (χ4v) is 5.77. The van der Waals surface area contributed by atoms with E-state index in [0.29, 0.717) is 5.41 Å². The lowest BCUT2D eigenvalue weighted by molar-refractivity contribution is -0.0852. The number of nitrogens with zero attached hydrogens (tertiary/aromatic N) is 2. The predicted molar refractivity (Wildman–Crippen MR) is 109 cm³/mol. The van der Waals surface area contributed by atoms with Crippen molar-refractivity contribution in [1.29, 1.82) is 0 Å². The lowest BCUT2D eigenvalue weighted by Crippen LogP contribution is -2.57. The quantitative estimate of drug-likeness (QED) is 0.766. The Labute approximate surface area is 164 Å². The van der Waals surface area contributed by atoms with E-state index in [4.69, 9.17) is 9.47 Å². The lowest BCUT2D eigenvalue weighted by Gasteiger charge is -2.54. The summed E-state index contributed by atoms with van der Waals surface area (Å²) in [7, 11) is 1.89. The number of hydrogen-bond donors (Lipinski definition) is 0. The van der Waals surface area contributed by atoms with Gasteiger partial charge in [-0.2, -0.15) is 0 Å². The Kier molecular flexibility index (Phi) is 6.49. The van der Waals surface area contributed by atoms with Crippen molar-refractivity contribution in [2.75, 3.05) is 59.7 Å². The molecule has 0 N–H and O–H groups in total. The number of benzene rings is 1. The van der Waals surface area contributed by atoms with Gasteiger partial charge in [0.25, 0.3) is 0 Å². The van der Waals surface area contributed by atoms with E-state index in [1.165, 1.54) is 50.9 Å². The summed E-state index contributed by atoms with van der Waals surface area (Å²) in [5.74, 6) is 0.812. The molecule has 0 bridgehead atoms. The highest BCUT2D eigenvalue weighted by Gasteiger charge is 2.47. The Morgan fingerprint density at radius 3 is 2.70 bits per heavy atom. The summed E-state index contributed by atoms with van der Waals surface area (Å²) in [6, 6.07) is 11.7. The van der Waals surface area contributed by atoms with Crippen LogP contribution in [0.1, 0.15) is 31.2 Å². The van der Waals surface area contributed by atoms with Gasteiger partial charge in [-0.05, 0) is 50.1 Å². The predicted octanol–water partition coefficient (Wildman–Crippen LogP) is 3.07. The molecule has 2 saturated heterocycles. The largest absolute Gasteiger partial charge is 0.384 e. The van der Waals surface area contributed by atoms with E-state index in [9.17, 15) is 0 Å². The third-order valence-corrected chi connectivity index (χ3v) is 7.28. The maximum atomic E-state index is 5.77. The average Bonchev–Trinajstić information content (AvgIpc) is 2.73. The molecule has 1 aromatic carbocycles. The van der Waals surface area contributed by atoms with Gasteiger partial charge in [-0.15, -0.1) is 0 Å². The van der Waals surface area contributed by atoms with Crippen molar-refractivity contribution in [3.63, 3.8) is 0 Å². The molecule has 1 aromatic rings. The first-order chi connectivity index (χ1) is 13.3. The van der Waals surface area contributed by atoms with Crippen LogP contribution in [-0.4, -0.2) is 75.5 Å². The van der Waals surface area contributed by atoms with Crippen LogP contribution in [0.2, 0.25) is 0 Å². The SMILES string of the molecule is COC[C@@]12CC[C@@H](N3CCOCC3)C[C@H]1CCN(CCc1ccccc1)C2. The number of hydrogen-bond acceptors (Lipinski definition) is 4. The highest BCUT2D eigenvalue weighted by Crippen LogP contribution is 2.47.